The van der Waals surface area contributed by atoms with E-state index in [1.54, 1.807) is 12.1 Å². The predicted octanol–water partition coefficient (Wildman–Crippen LogP) is 6.29. The molecule has 0 fully saturated rings. The van der Waals surface area contributed by atoms with Gasteiger partial charge in [0.1, 0.15) is 5.41 Å². The molecule has 0 saturated heterocycles. The maximum absolute atomic E-state index is 12.9. The molecular weight excluding hydrogens is 414 g/mol. The molecule has 0 radical (unpaired) electrons. The van der Waals surface area contributed by atoms with E-state index >= 15 is 0 Å². The van der Waals surface area contributed by atoms with E-state index in [0.29, 0.717) is 16.7 Å². The van der Waals surface area contributed by atoms with Crippen molar-refractivity contribution in [1.82, 2.24) is 0 Å². The molecule has 0 spiro atoms. The molecule has 4 aromatic rings. The largest absolute Gasteiger partial charge is 0.302 e. The zero-order valence-corrected chi connectivity index (χ0v) is 18.1. The van der Waals surface area contributed by atoms with Gasteiger partial charge < -0.3 is 4.55 Å². The van der Waals surface area contributed by atoms with E-state index in [1.807, 2.05) is 109 Å². The third kappa shape index (κ3) is 3.92. The number of rotatable bonds is 6. The van der Waals surface area contributed by atoms with Crippen LogP contribution in [0.5, 0.6) is 0 Å². The van der Waals surface area contributed by atoms with Crippen molar-refractivity contribution in [2.75, 3.05) is 0 Å². The number of nitrogens with zero attached hydrogens (tertiary/aromatic N) is 1. The highest BCUT2D eigenvalue weighted by atomic mass is 32.2. The minimum Gasteiger partial charge on any atom is -0.302 e. The second-order valence-electron chi connectivity index (χ2n) is 7.28. The van der Waals surface area contributed by atoms with Crippen molar-refractivity contribution in [3.63, 3.8) is 0 Å². The highest BCUT2D eigenvalue weighted by Gasteiger charge is 2.42. The van der Waals surface area contributed by atoms with E-state index in [2.05, 4.69) is 6.07 Å². The van der Waals surface area contributed by atoms with Crippen LogP contribution in [0.4, 0.5) is 0 Å². The van der Waals surface area contributed by atoms with E-state index in [-0.39, 0.29) is 4.91 Å². The van der Waals surface area contributed by atoms with Gasteiger partial charge >= 0.3 is 0 Å². The van der Waals surface area contributed by atoms with Gasteiger partial charge in [-0.05, 0) is 22.3 Å². The fraction of sp³-hybridized carbons (Fsp3) is 0.0357. The lowest BCUT2D eigenvalue weighted by Crippen LogP contribution is -2.29. The van der Waals surface area contributed by atoms with Gasteiger partial charge in [-0.25, -0.2) is 4.21 Å². The van der Waals surface area contributed by atoms with Gasteiger partial charge in [0.2, 0.25) is 0 Å². The molecule has 0 saturated carbocycles. The molecule has 0 bridgehead atoms. The molecule has 0 aliphatic heterocycles. The summed E-state index contributed by atoms with van der Waals surface area (Å²) in [6, 6.07) is 39.9. The molecule has 1 atom stereocenters. The molecule has 156 valence electrons. The summed E-state index contributed by atoms with van der Waals surface area (Å²) < 4.78 is 23.4. The highest BCUT2D eigenvalue weighted by Crippen LogP contribution is 2.48. The Labute approximate surface area is 190 Å². The SMILES string of the molecule is N#CC(/C(=C(/c1ccccc1)S(=O)O)c1ccccc1)(c1ccccc1)c1ccccc1. The Morgan fingerprint density at radius 3 is 1.41 bits per heavy atom. The first-order chi connectivity index (χ1) is 15.7. The van der Waals surface area contributed by atoms with Crippen molar-refractivity contribution >= 4 is 21.6 Å². The van der Waals surface area contributed by atoms with Crippen LogP contribution in [0, 0.1) is 11.3 Å². The molecule has 1 unspecified atom stereocenters. The second kappa shape index (κ2) is 9.57. The van der Waals surface area contributed by atoms with Gasteiger partial charge in [0, 0.05) is 5.57 Å². The summed E-state index contributed by atoms with van der Waals surface area (Å²) in [7, 11) is 0. The van der Waals surface area contributed by atoms with Gasteiger partial charge in [-0.2, -0.15) is 5.26 Å². The Bertz CT molecular complexity index is 1240. The molecule has 0 aliphatic rings. The molecule has 4 rings (SSSR count). The highest BCUT2D eigenvalue weighted by molar-refractivity contribution is 7.89. The third-order valence-corrected chi connectivity index (χ3v) is 6.25. The van der Waals surface area contributed by atoms with Gasteiger partial charge in [-0.1, -0.05) is 121 Å². The minimum absolute atomic E-state index is 0.214. The number of hydrogen-bond acceptors (Lipinski definition) is 2. The summed E-state index contributed by atoms with van der Waals surface area (Å²) >= 11 is -2.35. The van der Waals surface area contributed by atoms with Crippen LogP contribution >= 0.6 is 0 Å². The van der Waals surface area contributed by atoms with Gasteiger partial charge in [-0.3, -0.25) is 0 Å². The van der Waals surface area contributed by atoms with Crippen LogP contribution in [0.25, 0.3) is 10.5 Å². The van der Waals surface area contributed by atoms with Crippen LogP contribution in [0.15, 0.2) is 121 Å². The van der Waals surface area contributed by atoms with Crippen LogP contribution in [0.2, 0.25) is 0 Å². The monoisotopic (exact) mass is 435 g/mol. The Hall–Kier alpha value is -3.78. The van der Waals surface area contributed by atoms with Gasteiger partial charge in [-0.15, -0.1) is 0 Å². The van der Waals surface area contributed by atoms with E-state index in [9.17, 15) is 14.0 Å². The van der Waals surface area contributed by atoms with Crippen molar-refractivity contribution in [1.29, 1.82) is 5.26 Å². The molecule has 0 amide bonds. The van der Waals surface area contributed by atoms with Gasteiger partial charge in [0.05, 0.1) is 11.0 Å². The molecule has 4 aromatic carbocycles. The molecule has 0 heterocycles. The zero-order valence-electron chi connectivity index (χ0n) is 17.3. The number of allylic oxidation sites excluding steroid dienone is 1. The predicted molar refractivity (Wildman–Crippen MR) is 130 cm³/mol. The first kappa shape index (κ1) is 21.5. The lowest BCUT2D eigenvalue weighted by molar-refractivity contribution is 0.575. The lowest BCUT2D eigenvalue weighted by Gasteiger charge is -2.33. The summed E-state index contributed by atoms with van der Waals surface area (Å²) in [5, 5.41) is 10.8. The normalized spacial score (nSPS) is 13.0. The van der Waals surface area contributed by atoms with Gasteiger partial charge in [0.25, 0.3) is 0 Å². The quantitative estimate of drug-likeness (QED) is 0.286. The van der Waals surface area contributed by atoms with Crippen LogP contribution < -0.4 is 0 Å². The maximum atomic E-state index is 12.9. The molecular formula is C28H21NO2S. The van der Waals surface area contributed by atoms with Crippen molar-refractivity contribution < 1.29 is 8.76 Å². The summed E-state index contributed by atoms with van der Waals surface area (Å²) in [5.74, 6) is 0. The Kier molecular flexibility index (Phi) is 6.42. The number of nitriles is 1. The summed E-state index contributed by atoms with van der Waals surface area (Å²) in [6.45, 7) is 0. The molecule has 1 N–H and O–H groups in total. The summed E-state index contributed by atoms with van der Waals surface area (Å²) in [5.41, 5.74) is 1.94. The summed E-state index contributed by atoms with van der Waals surface area (Å²) in [4.78, 5) is 0.214. The van der Waals surface area contributed by atoms with E-state index in [1.165, 1.54) is 0 Å². The number of benzene rings is 4. The van der Waals surface area contributed by atoms with Crippen LogP contribution in [-0.4, -0.2) is 8.76 Å². The van der Waals surface area contributed by atoms with E-state index < -0.39 is 16.5 Å². The maximum Gasteiger partial charge on any atom is 0.187 e. The van der Waals surface area contributed by atoms with Crippen LogP contribution in [0.1, 0.15) is 22.3 Å². The first-order valence-electron chi connectivity index (χ1n) is 10.2. The first-order valence-corrected chi connectivity index (χ1v) is 11.3. The second-order valence-corrected chi connectivity index (χ2v) is 8.19. The minimum atomic E-state index is -2.35. The topological polar surface area (TPSA) is 61.1 Å². The number of hydrogen-bond donors (Lipinski definition) is 1. The van der Waals surface area contributed by atoms with Gasteiger partial charge in [0.15, 0.2) is 11.1 Å². The van der Waals surface area contributed by atoms with Crippen LogP contribution in [0.3, 0.4) is 0 Å². The molecule has 32 heavy (non-hydrogen) atoms. The Morgan fingerprint density at radius 1 is 0.656 bits per heavy atom. The summed E-state index contributed by atoms with van der Waals surface area (Å²) in [6.07, 6.45) is 0. The standard InChI is InChI=1S/C28H21NO2S/c29-21-28(24-17-9-3-10-18-24,25-19-11-4-12-20-25)26(22-13-5-1-6-14-22)27(32(30)31)23-15-7-2-8-16-23/h1-20H,(H,30,31)/b27-26-. The van der Waals surface area contributed by atoms with Crippen molar-refractivity contribution in [2.45, 2.75) is 5.41 Å². The average Bonchev–Trinajstić information content (AvgIpc) is 2.86. The third-order valence-electron chi connectivity index (χ3n) is 5.46. The van der Waals surface area contributed by atoms with Crippen molar-refractivity contribution in [3.8, 4) is 6.07 Å². The van der Waals surface area contributed by atoms with Crippen LogP contribution in [-0.2, 0) is 16.5 Å². The van der Waals surface area contributed by atoms with E-state index in [0.717, 1.165) is 11.1 Å². The van der Waals surface area contributed by atoms with Crippen molar-refractivity contribution in [2.24, 2.45) is 0 Å². The Balaban J connectivity index is 2.23. The molecule has 0 aliphatic carbocycles. The average molecular weight is 436 g/mol. The molecule has 4 heteroatoms. The fourth-order valence-electron chi connectivity index (χ4n) is 4.06. The van der Waals surface area contributed by atoms with Crippen molar-refractivity contribution in [3.05, 3.63) is 144 Å². The lowest BCUT2D eigenvalue weighted by atomic mass is 9.67. The fourth-order valence-corrected chi connectivity index (χ4v) is 4.84. The van der Waals surface area contributed by atoms with E-state index in [4.69, 9.17) is 0 Å². The Morgan fingerprint density at radius 2 is 1.03 bits per heavy atom. The zero-order chi connectivity index (χ0) is 22.4. The smallest absolute Gasteiger partial charge is 0.187 e. The molecule has 3 nitrogen and oxygen atoms in total. The molecule has 0 aromatic heterocycles.